The molecule has 1 amide bonds. The molecule has 1 aliphatic rings. The minimum atomic E-state index is -0.229. The van der Waals surface area contributed by atoms with Crippen molar-refractivity contribution in [2.75, 3.05) is 31.1 Å². The molecule has 0 N–H and O–H groups in total. The Balaban J connectivity index is 1.57. The SMILES string of the molecule is CC(Sc1nncn1C)C(=O)N1CCN(c2ccccc2F)CC1. The first-order valence-electron chi connectivity index (χ1n) is 7.85. The van der Waals surface area contributed by atoms with Crippen LogP contribution in [0.3, 0.4) is 0 Å². The predicted octanol–water partition coefficient (Wildman–Crippen LogP) is 1.78. The number of aromatic nitrogens is 3. The number of halogens is 1. The monoisotopic (exact) mass is 349 g/mol. The third-order valence-electron chi connectivity index (χ3n) is 4.08. The molecular formula is C16H20FN5OS. The van der Waals surface area contributed by atoms with Gasteiger partial charge in [-0.3, -0.25) is 4.79 Å². The van der Waals surface area contributed by atoms with E-state index >= 15 is 0 Å². The zero-order chi connectivity index (χ0) is 17.1. The molecule has 1 atom stereocenters. The molecule has 0 spiro atoms. The maximum Gasteiger partial charge on any atom is 0.236 e. The summed E-state index contributed by atoms with van der Waals surface area (Å²) in [4.78, 5) is 16.4. The van der Waals surface area contributed by atoms with Crippen molar-refractivity contribution in [2.24, 2.45) is 7.05 Å². The molecule has 3 rings (SSSR count). The minimum absolute atomic E-state index is 0.0798. The van der Waals surface area contributed by atoms with Crippen molar-refractivity contribution in [3.63, 3.8) is 0 Å². The molecule has 6 nitrogen and oxygen atoms in total. The summed E-state index contributed by atoms with van der Waals surface area (Å²) in [5.74, 6) is -0.139. The summed E-state index contributed by atoms with van der Waals surface area (Å²) in [5, 5.41) is 8.32. The third-order valence-corrected chi connectivity index (χ3v) is 5.22. The van der Waals surface area contributed by atoms with E-state index in [-0.39, 0.29) is 17.0 Å². The zero-order valence-electron chi connectivity index (χ0n) is 13.7. The second-order valence-corrected chi connectivity index (χ2v) is 7.06. The van der Waals surface area contributed by atoms with Crippen LogP contribution in [0.25, 0.3) is 0 Å². The Morgan fingerprint density at radius 1 is 1.25 bits per heavy atom. The van der Waals surface area contributed by atoms with Crippen molar-refractivity contribution in [1.29, 1.82) is 0 Å². The van der Waals surface area contributed by atoms with Crippen molar-refractivity contribution >= 4 is 23.4 Å². The highest BCUT2D eigenvalue weighted by Crippen LogP contribution is 2.24. The van der Waals surface area contributed by atoms with Gasteiger partial charge in [0.1, 0.15) is 12.1 Å². The van der Waals surface area contributed by atoms with Gasteiger partial charge in [0.2, 0.25) is 5.91 Å². The number of hydrogen-bond donors (Lipinski definition) is 0. The number of nitrogens with zero attached hydrogens (tertiary/aromatic N) is 5. The number of para-hydroxylation sites is 1. The van der Waals surface area contributed by atoms with Crippen LogP contribution in [0.1, 0.15) is 6.92 Å². The van der Waals surface area contributed by atoms with Crippen molar-refractivity contribution in [3.05, 3.63) is 36.4 Å². The van der Waals surface area contributed by atoms with Gasteiger partial charge < -0.3 is 14.4 Å². The fourth-order valence-corrected chi connectivity index (χ4v) is 3.59. The first kappa shape index (κ1) is 16.8. The molecule has 0 bridgehead atoms. The van der Waals surface area contributed by atoms with Crippen LogP contribution in [-0.4, -0.2) is 57.0 Å². The molecule has 8 heteroatoms. The van der Waals surface area contributed by atoms with E-state index in [0.29, 0.717) is 31.9 Å². The Morgan fingerprint density at radius 2 is 1.96 bits per heavy atom. The van der Waals surface area contributed by atoms with Crippen molar-refractivity contribution in [1.82, 2.24) is 19.7 Å². The average Bonchev–Trinajstić information content (AvgIpc) is 3.00. The number of piperazine rings is 1. The number of thioether (sulfide) groups is 1. The van der Waals surface area contributed by atoms with Gasteiger partial charge in [0, 0.05) is 33.2 Å². The number of anilines is 1. The van der Waals surface area contributed by atoms with Gasteiger partial charge in [0.15, 0.2) is 5.16 Å². The third kappa shape index (κ3) is 3.53. The summed E-state index contributed by atoms with van der Waals surface area (Å²) in [6.45, 7) is 4.33. The zero-order valence-corrected chi connectivity index (χ0v) is 14.5. The highest BCUT2D eigenvalue weighted by atomic mass is 32.2. The predicted molar refractivity (Wildman–Crippen MR) is 91.5 cm³/mol. The summed E-state index contributed by atoms with van der Waals surface area (Å²) in [6.07, 6.45) is 1.62. The maximum atomic E-state index is 13.9. The van der Waals surface area contributed by atoms with E-state index in [2.05, 4.69) is 10.2 Å². The van der Waals surface area contributed by atoms with Crippen LogP contribution < -0.4 is 4.90 Å². The minimum Gasteiger partial charge on any atom is -0.366 e. The summed E-state index contributed by atoms with van der Waals surface area (Å²) in [7, 11) is 1.85. The van der Waals surface area contributed by atoms with Crippen molar-refractivity contribution in [3.8, 4) is 0 Å². The number of carbonyl (C=O) groups excluding carboxylic acids is 1. The second-order valence-electron chi connectivity index (χ2n) is 5.75. The smallest absolute Gasteiger partial charge is 0.236 e. The number of hydrogen-bond acceptors (Lipinski definition) is 5. The van der Waals surface area contributed by atoms with Crippen molar-refractivity contribution in [2.45, 2.75) is 17.3 Å². The second kappa shape index (κ2) is 7.21. The van der Waals surface area contributed by atoms with Gasteiger partial charge in [0.05, 0.1) is 10.9 Å². The Hall–Kier alpha value is -2.09. The first-order valence-corrected chi connectivity index (χ1v) is 8.73. The molecule has 2 aromatic rings. The van der Waals surface area contributed by atoms with E-state index in [1.54, 1.807) is 23.0 Å². The van der Waals surface area contributed by atoms with Gasteiger partial charge in [-0.05, 0) is 19.1 Å². The first-order chi connectivity index (χ1) is 11.6. The largest absolute Gasteiger partial charge is 0.366 e. The standard InChI is InChI=1S/C16H20FN5OS/c1-12(24-16-19-18-11-20(16)2)15(23)22-9-7-21(8-10-22)14-6-4-3-5-13(14)17/h3-6,11-12H,7-10H2,1-2H3. The molecule has 1 saturated heterocycles. The number of benzene rings is 1. The fourth-order valence-electron chi connectivity index (χ4n) is 2.72. The molecule has 0 aliphatic carbocycles. The van der Waals surface area contributed by atoms with E-state index in [1.807, 2.05) is 29.8 Å². The maximum absolute atomic E-state index is 13.9. The number of carbonyl (C=O) groups is 1. The number of rotatable bonds is 4. The Morgan fingerprint density at radius 3 is 2.58 bits per heavy atom. The topological polar surface area (TPSA) is 54.3 Å². The molecule has 1 aromatic heterocycles. The van der Waals surface area contributed by atoms with Gasteiger partial charge in [-0.15, -0.1) is 10.2 Å². The van der Waals surface area contributed by atoms with Gasteiger partial charge >= 0.3 is 0 Å². The normalized spacial score (nSPS) is 16.3. The van der Waals surface area contributed by atoms with Crippen LogP contribution in [-0.2, 0) is 11.8 Å². The summed E-state index contributed by atoms with van der Waals surface area (Å²) in [5.41, 5.74) is 0.603. The van der Waals surface area contributed by atoms with Gasteiger partial charge in [-0.2, -0.15) is 0 Å². The summed E-state index contributed by atoms with van der Waals surface area (Å²) in [6, 6.07) is 6.76. The van der Waals surface area contributed by atoms with Crippen LogP contribution in [0.15, 0.2) is 35.7 Å². The van der Waals surface area contributed by atoms with Gasteiger partial charge in [-0.1, -0.05) is 23.9 Å². The Bertz CT molecular complexity index is 714. The molecule has 24 heavy (non-hydrogen) atoms. The lowest BCUT2D eigenvalue weighted by Crippen LogP contribution is -2.50. The highest BCUT2D eigenvalue weighted by Gasteiger charge is 2.27. The summed E-state index contributed by atoms with van der Waals surface area (Å²) < 4.78 is 15.7. The Kier molecular flexibility index (Phi) is 5.03. The van der Waals surface area contributed by atoms with Gasteiger partial charge in [-0.25, -0.2) is 4.39 Å². The average molecular weight is 349 g/mol. The van der Waals surface area contributed by atoms with Gasteiger partial charge in [0.25, 0.3) is 0 Å². The molecule has 2 heterocycles. The van der Waals surface area contributed by atoms with Crippen LogP contribution in [0.2, 0.25) is 0 Å². The quantitative estimate of drug-likeness (QED) is 0.788. The molecule has 128 valence electrons. The van der Waals surface area contributed by atoms with Crippen LogP contribution in [0.4, 0.5) is 10.1 Å². The number of amides is 1. The molecule has 0 saturated carbocycles. The van der Waals surface area contributed by atoms with Crippen molar-refractivity contribution < 1.29 is 9.18 Å². The van der Waals surface area contributed by atoms with E-state index < -0.39 is 0 Å². The molecule has 1 fully saturated rings. The van der Waals surface area contributed by atoms with E-state index in [4.69, 9.17) is 0 Å². The van der Waals surface area contributed by atoms with Crippen LogP contribution in [0.5, 0.6) is 0 Å². The lowest BCUT2D eigenvalue weighted by atomic mass is 10.2. The highest BCUT2D eigenvalue weighted by molar-refractivity contribution is 8.00. The molecular weight excluding hydrogens is 329 g/mol. The lowest BCUT2D eigenvalue weighted by Gasteiger charge is -2.37. The molecule has 0 radical (unpaired) electrons. The lowest BCUT2D eigenvalue weighted by molar-refractivity contribution is -0.130. The molecule has 1 aromatic carbocycles. The summed E-state index contributed by atoms with van der Waals surface area (Å²) >= 11 is 1.40. The Labute approximate surface area is 144 Å². The van der Waals surface area contributed by atoms with E-state index in [9.17, 15) is 9.18 Å². The molecule has 1 aliphatic heterocycles. The fraction of sp³-hybridized carbons (Fsp3) is 0.438. The van der Waals surface area contributed by atoms with E-state index in [1.165, 1.54) is 17.8 Å². The van der Waals surface area contributed by atoms with E-state index in [0.717, 1.165) is 5.16 Å². The molecule has 1 unspecified atom stereocenters. The van der Waals surface area contributed by atoms with Crippen LogP contribution >= 0.6 is 11.8 Å². The van der Waals surface area contributed by atoms with Crippen LogP contribution in [0, 0.1) is 5.82 Å². The number of aryl methyl sites for hydroxylation is 1.